The van der Waals surface area contributed by atoms with Crippen molar-refractivity contribution in [2.24, 2.45) is 5.73 Å². The number of hydrogen-bond acceptors (Lipinski definition) is 4. The first-order valence-corrected chi connectivity index (χ1v) is 4.98. The van der Waals surface area contributed by atoms with Crippen molar-refractivity contribution >= 4 is 5.78 Å². The predicted molar refractivity (Wildman–Crippen MR) is 57.8 cm³/mol. The number of benzene rings is 1. The van der Waals surface area contributed by atoms with Gasteiger partial charge in [-0.2, -0.15) is 5.26 Å². The largest absolute Gasteiger partial charge is 0.480 e. The van der Waals surface area contributed by atoms with Gasteiger partial charge < -0.3 is 10.5 Å². The van der Waals surface area contributed by atoms with Crippen LogP contribution in [0.25, 0.3) is 0 Å². The molecule has 1 aromatic carbocycles. The van der Waals surface area contributed by atoms with Gasteiger partial charge >= 0.3 is 0 Å². The third-order valence-electron chi connectivity index (χ3n) is 2.71. The standard InChI is InChI=1S/C12H12N2O2/c1-12(2)11(15)10(14)8-5-7(6-13)3-4-9(8)16-12/h3-5,10H,14H2,1-2H3. The minimum absolute atomic E-state index is 0.171. The van der Waals surface area contributed by atoms with Crippen LogP contribution in [-0.4, -0.2) is 11.4 Å². The molecular formula is C12H12N2O2. The van der Waals surface area contributed by atoms with Gasteiger partial charge in [0.1, 0.15) is 5.75 Å². The van der Waals surface area contributed by atoms with Crippen molar-refractivity contribution in [3.63, 3.8) is 0 Å². The van der Waals surface area contributed by atoms with Crippen molar-refractivity contribution in [3.8, 4) is 11.8 Å². The molecule has 1 unspecified atom stereocenters. The molecule has 0 saturated carbocycles. The molecule has 0 spiro atoms. The highest BCUT2D eigenvalue weighted by molar-refractivity contribution is 5.94. The molecule has 1 aliphatic rings. The fourth-order valence-corrected chi connectivity index (χ4v) is 1.79. The van der Waals surface area contributed by atoms with E-state index < -0.39 is 11.6 Å². The zero-order chi connectivity index (χ0) is 11.9. The van der Waals surface area contributed by atoms with Gasteiger partial charge in [0, 0.05) is 5.56 Å². The monoisotopic (exact) mass is 216 g/mol. The fraction of sp³-hybridized carbons (Fsp3) is 0.333. The number of rotatable bonds is 0. The average Bonchev–Trinajstić information content (AvgIpc) is 2.25. The molecule has 2 N–H and O–H groups in total. The first-order chi connectivity index (χ1) is 7.45. The summed E-state index contributed by atoms with van der Waals surface area (Å²) in [7, 11) is 0. The summed E-state index contributed by atoms with van der Waals surface area (Å²) in [5.74, 6) is 0.409. The van der Waals surface area contributed by atoms with Gasteiger partial charge in [-0.15, -0.1) is 0 Å². The Morgan fingerprint density at radius 3 is 2.81 bits per heavy atom. The van der Waals surface area contributed by atoms with E-state index >= 15 is 0 Å². The fourth-order valence-electron chi connectivity index (χ4n) is 1.79. The van der Waals surface area contributed by atoms with Crippen LogP contribution < -0.4 is 10.5 Å². The Bertz CT molecular complexity index is 500. The molecule has 82 valence electrons. The molecular weight excluding hydrogens is 204 g/mol. The van der Waals surface area contributed by atoms with E-state index in [0.29, 0.717) is 16.9 Å². The molecule has 0 fully saturated rings. The summed E-state index contributed by atoms with van der Waals surface area (Å²) in [6.45, 7) is 3.38. The second kappa shape index (κ2) is 3.32. The number of carbonyl (C=O) groups excluding carboxylic acids is 1. The van der Waals surface area contributed by atoms with Crippen molar-refractivity contribution in [2.75, 3.05) is 0 Å². The minimum atomic E-state index is -0.902. The molecule has 1 aliphatic heterocycles. The van der Waals surface area contributed by atoms with Crippen molar-refractivity contribution in [3.05, 3.63) is 29.3 Å². The molecule has 4 nitrogen and oxygen atoms in total. The summed E-state index contributed by atoms with van der Waals surface area (Å²) in [6.07, 6.45) is 0. The van der Waals surface area contributed by atoms with E-state index in [4.69, 9.17) is 15.7 Å². The van der Waals surface area contributed by atoms with Gasteiger partial charge in [-0.1, -0.05) is 0 Å². The van der Waals surface area contributed by atoms with E-state index in [-0.39, 0.29) is 5.78 Å². The van der Waals surface area contributed by atoms with Crippen LogP contribution in [0.4, 0.5) is 0 Å². The third kappa shape index (κ3) is 1.46. The molecule has 0 aliphatic carbocycles. The Labute approximate surface area is 93.6 Å². The number of Topliss-reactive ketones (excluding diaryl/α,β-unsaturated/α-hetero) is 1. The van der Waals surface area contributed by atoms with Crippen LogP contribution in [0.3, 0.4) is 0 Å². The average molecular weight is 216 g/mol. The number of fused-ring (bicyclic) bond motifs is 1. The number of ketones is 1. The van der Waals surface area contributed by atoms with Crippen LogP contribution in [0.15, 0.2) is 18.2 Å². The van der Waals surface area contributed by atoms with Gasteiger partial charge in [0.05, 0.1) is 17.7 Å². The lowest BCUT2D eigenvalue weighted by atomic mass is 9.88. The SMILES string of the molecule is CC1(C)Oc2ccc(C#N)cc2C(N)C1=O. The van der Waals surface area contributed by atoms with E-state index in [0.717, 1.165) is 0 Å². The minimum Gasteiger partial charge on any atom is -0.480 e. The molecule has 1 atom stereocenters. The van der Waals surface area contributed by atoms with E-state index in [1.165, 1.54) is 0 Å². The second-order valence-corrected chi connectivity index (χ2v) is 4.32. The Kier molecular flexibility index (Phi) is 2.21. The molecule has 2 rings (SSSR count). The summed E-state index contributed by atoms with van der Waals surface area (Å²) in [5, 5.41) is 8.78. The molecule has 1 heterocycles. The maximum Gasteiger partial charge on any atom is 0.196 e. The van der Waals surface area contributed by atoms with E-state index in [1.54, 1.807) is 32.0 Å². The molecule has 0 amide bonds. The third-order valence-corrected chi connectivity index (χ3v) is 2.71. The predicted octanol–water partition coefficient (Wildman–Crippen LogP) is 1.30. The zero-order valence-electron chi connectivity index (χ0n) is 9.15. The maximum atomic E-state index is 11.9. The highest BCUT2D eigenvalue weighted by Crippen LogP contribution is 2.36. The lowest BCUT2D eigenvalue weighted by Gasteiger charge is -2.34. The Balaban J connectivity index is 2.56. The van der Waals surface area contributed by atoms with E-state index in [2.05, 4.69) is 0 Å². The van der Waals surface area contributed by atoms with Gasteiger partial charge in [-0.05, 0) is 32.0 Å². The number of nitriles is 1. The lowest BCUT2D eigenvalue weighted by Crippen LogP contribution is -2.47. The van der Waals surface area contributed by atoms with Crippen molar-refractivity contribution in [1.29, 1.82) is 5.26 Å². The molecule has 0 aromatic heterocycles. The van der Waals surface area contributed by atoms with Crippen LogP contribution in [0.5, 0.6) is 5.75 Å². The van der Waals surface area contributed by atoms with Gasteiger partial charge in [0.15, 0.2) is 11.4 Å². The van der Waals surface area contributed by atoms with E-state index in [1.807, 2.05) is 6.07 Å². The van der Waals surface area contributed by atoms with Crippen LogP contribution in [0, 0.1) is 11.3 Å². The number of hydrogen-bond donors (Lipinski definition) is 1. The summed E-state index contributed by atoms with van der Waals surface area (Å²) < 4.78 is 5.56. The molecule has 16 heavy (non-hydrogen) atoms. The molecule has 1 aromatic rings. The maximum absolute atomic E-state index is 11.9. The zero-order valence-corrected chi connectivity index (χ0v) is 9.15. The van der Waals surface area contributed by atoms with E-state index in [9.17, 15) is 4.79 Å². The summed E-state index contributed by atoms with van der Waals surface area (Å²) in [5.41, 5.74) is 6.01. The Morgan fingerprint density at radius 1 is 1.50 bits per heavy atom. The van der Waals surface area contributed by atoms with Gasteiger partial charge in [-0.3, -0.25) is 4.79 Å². The van der Waals surface area contributed by atoms with Crippen LogP contribution in [0.2, 0.25) is 0 Å². The second-order valence-electron chi connectivity index (χ2n) is 4.32. The van der Waals surface area contributed by atoms with Crippen LogP contribution >= 0.6 is 0 Å². The lowest BCUT2D eigenvalue weighted by molar-refractivity contribution is -0.135. The Hall–Kier alpha value is -1.86. The molecule has 0 radical (unpaired) electrons. The van der Waals surface area contributed by atoms with Crippen LogP contribution in [-0.2, 0) is 4.79 Å². The van der Waals surface area contributed by atoms with Crippen molar-refractivity contribution < 1.29 is 9.53 Å². The normalized spacial score (nSPS) is 21.9. The highest BCUT2D eigenvalue weighted by Gasteiger charge is 2.40. The summed E-state index contributed by atoms with van der Waals surface area (Å²) in [4.78, 5) is 11.9. The number of carbonyl (C=O) groups is 1. The smallest absolute Gasteiger partial charge is 0.196 e. The first kappa shape index (κ1) is 10.7. The van der Waals surface area contributed by atoms with Crippen molar-refractivity contribution in [2.45, 2.75) is 25.5 Å². The van der Waals surface area contributed by atoms with Gasteiger partial charge in [-0.25, -0.2) is 0 Å². The van der Waals surface area contributed by atoms with Crippen LogP contribution in [0.1, 0.15) is 31.0 Å². The quantitative estimate of drug-likeness (QED) is 0.709. The number of nitrogens with zero attached hydrogens (tertiary/aromatic N) is 1. The van der Waals surface area contributed by atoms with Gasteiger partial charge in [0.25, 0.3) is 0 Å². The summed E-state index contributed by atoms with van der Waals surface area (Å²) >= 11 is 0. The van der Waals surface area contributed by atoms with Gasteiger partial charge in [0.2, 0.25) is 0 Å². The molecule has 0 saturated heterocycles. The molecule has 0 bridgehead atoms. The number of ether oxygens (including phenoxy) is 1. The topological polar surface area (TPSA) is 76.1 Å². The van der Waals surface area contributed by atoms with Crippen molar-refractivity contribution in [1.82, 2.24) is 0 Å². The molecule has 4 heteroatoms. The summed E-state index contributed by atoms with van der Waals surface area (Å²) in [6, 6.07) is 6.23. The Morgan fingerprint density at radius 2 is 2.19 bits per heavy atom. The number of nitrogens with two attached hydrogens (primary N) is 1. The first-order valence-electron chi connectivity index (χ1n) is 4.98. The highest BCUT2D eigenvalue weighted by atomic mass is 16.5.